The Labute approximate surface area is 110 Å². The lowest BCUT2D eigenvalue weighted by Gasteiger charge is -2.41. The molecule has 1 saturated carbocycles. The summed E-state index contributed by atoms with van der Waals surface area (Å²) in [6.07, 6.45) is 8.77. The van der Waals surface area contributed by atoms with Crippen molar-refractivity contribution in [3.05, 3.63) is 0 Å². The molecule has 0 amide bonds. The van der Waals surface area contributed by atoms with Crippen LogP contribution in [0.5, 0.6) is 0 Å². The predicted octanol–water partition coefficient (Wildman–Crippen LogP) is 1.59. The Bertz CT molecular complexity index is 273. The van der Waals surface area contributed by atoms with Crippen molar-refractivity contribution in [1.29, 1.82) is 0 Å². The second-order valence-corrected chi connectivity index (χ2v) is 6.32. The average Bonchev–Trinajstić information content (AvgIpc) is 3.03. The van der Waals surface area contributed by atoms with Gasteiger partial charge >= 0.3 is 0 Å². The molecule has 0 bridgehead atoms. The second kappa shape index (κ2) is 5.45. The van der Waals surface area contributed by atoms with Gasteiger partial charge < -0.3 is 9.47 Å². The highest BCUT2D eigenvalue weighted by atomic mass is 16.6. The van der Waals surface area contributed by atoms with Gasteiger partial charge in [0.15, 0.2) is 0 Å². The SMILES string of the molecule is NNC(C1CCCC1)C1CCOC2(CCOC2)C1. The molecule has 4 heteroatoms. The fourth-order valence-corrected chi connectivity index (χ4v) is 4.21. The largest absolute Gasteiger partial charge is 0.378 e. The van der Waals surface area contributed by atoms with E-state index in [-0.39, 0.29) is 5.60 Å². The average molecular weight is 254 g/mol. The van der Waals surface area contributed by atoms with Gasteiger partial charge in [-0.2, -0.15) is 0 Å². The minimum Gasteiger partial charge on any atom is -0.378 e. The molecule has 3 N–H and O–H groups in total. The molecule has 1 aliphatic carbocycles. The molecule has 3 unspecified atom stereocenters. The van der Waals surface area contributed by atoms with Crippen LogP contribution < -0.4 is 11.3 Å². The minimum atomic E-state index is 0.0105. The van der Waals surface area contributed by atoms with Gasteiger partial charge in [0.1, 0.15) is 0 Å². The van der Waals surface area contributed by atoms with Crippen molar-refractivity contribution in [3.63, 3.8) is 0 Å². The zero-order chi connectivity index (χ0) is 12.4. The summed E-state index contributed by atoms with van der Waals surface area (Å²) in [5.41, 5.74) is 3.13. The first kappa shape index (κ1) is 12.9. The number of hydrogen-bond acceptors (Lipinski definition) is 4. The Kier molecular flexibility index (Phi) is 3.89. The monoisotopic (exact) mass is 254 g/mol. The highest BCUT2D eigenvalue weighted by Gasteiger charge is 2.44. The standard InChI is InChI=1S/C14H26N2O2/c15-16-13(11-3-1-2-4-11)12-5-7-18-14(9-12)6-8-17-10-14/h11-13,16H,1-10,15H2. The van der Waals surface area contributed by atoms with E-state index in [1.807, 2.05) is 0 Å². The molecule has 3 fully saturated rings. The molecule has 4 nitrogen and oxygen atoms in total. The molecule has 2 saturated heterocycles. The molecule has 0 aromatic rings. The van der Waals surface area contributed by atoms with Crippen molar-refractivity contribution in [2.24, 2.45) is 17.7 Å². The van der Waals surface area contributed by atoms with Gasteiger partial charge in [0.25, 0.3) is 0 Å². The van der Waals surface area contributed by atoms with E-state index in [1.54, 1.807) is 0 Å². The van der Waals surface area contributed by atoms with E-state index in [1.165, 1.54) is 25.7 Å². The minimum absolute atomic E-state index is 0.0105. The van der Waals surface area contributed by atoms with Crippen molar-refractivity contribution in [3.8, 4) is 0 Å². The molecule has 18 heavy (non-hydrogen) atoms. The maximum atomic E-state index is 6.02. The van der Waals surface area contributed by atoms with Crippen molar-refractivity contribution in [2.45, 2.75) is 56.6 Å². The lowest BCUT2D eigenvalue weighted by Crippen LogP contribution is -2.51. The summed E-state index contributed by atoms with van der Waals surface area (Å²) in [7, 11) is 0. The van der Waals surface area contributed by atoms with Gasteiger partial charge in [0, 0.05) is 25.7 Å². The van der Waals surface area contributed by atoms with Crippen LogP contribution in [0.15, 0.2) is 0 Å². The van der Waals surface area contributed by atoms with Gasteiger partial charge in [0.2, 0.25) is 0 Å². The van der Waals surface area contributed by atoms with Gasteiger partial charge in [0.05, 0.1) is 12.2 Å². The zero-order valence-electron chi connectivity index (χ0n) is 11.2. The molecule has 2 heterocycles. The van der Waals surface area contributed by atoms with Crippen LogP contribution in [0.25, 0.3) is 0 Å². The highest BCUT2D eigenvalue weighted by Crippen LogP contribution is 2.40. The van der Waals surface area contributed by atoms with E-state index in [0.29, 0.717) is 12.0 Å². The summed E-state index contributed by atoms with van der Waals surface area (Å²) in [5, 5.41) is 0. The van der Waals surface area contributed by atoms with Crippen LogP contribution in [0.2, 0.25) is 0 Å². The van der Waals surface area contributed by atoms with Crippen molar-refractivity contribution >= 4 is 0 Å². The number of nitrogens with one attached hydrogen (secondary N) is 1. The third kappa shape index (κ3) is 2.44. The maximum absolute atomic E-state index is 6.02. The van der Waals surface area contributed by atoms with E-state index >= 15 is 0 Å². The van der Waals surface area contributed by atoms with Crippen LogP contribution in [0.4, 0.5) is 0 Å². The van der Waals surface area contributed by atoms with Crippen LogP contribution in [0.3, 0.4) is 0 Å². The molecule has 3 aliphatic rings. The summed E-state index contributed by atoms with van der Waals surface area (Å²) >= 11 is 0. The molecule has 3 atom stereocenters. The number of nitrogens with two attached hydrogens (primary N) is 1. The lowest BCUT2D eigenvalue weighted by atomic mass is 9.77. The Morgan fingerprint density at radius 3 is 2.61 bits per heavy atom. The van der Waals surface area contributed by atoms with Crippen LogP contribution >= 0.6 is 0 Å². The summed E-state index contributed by atoms with van der Waals surface area (Å²) in [6.45, 7) is 2.52. The van der Waals surface area contributed by atoms with Crippen LogP contribution in [0.1, 0.15) is 44.9 Å². The van der Waals surface area contributed by atoms with Gasteiger partial charge in [-0.25, -0.2) is 0 Å². The predicted molar refractivity (Wildman–Crippen MR) is 69.9 cm³/mol. The van der Waals surface area contributed by atoms with E-state index in [4.69, 9.17) is 15.3 Å². The van der Waals surface area contributed by atoms with E-state index < -0.39 is 0 Å². The van der Waals surface area contributed by atoms with Gasteiger partial charge in [-0.15, -0.1) is 0 Å². The Hall–Kier alpha value is -0.160. The summed E-state index contributed by atoms with van der Waals surface area (Å²) in [6, 6.07) is 0.480. The number of ether oxygens (including phenoxy) is 2. The van der Waals surface area contributed by atoms with Crippen LogP contribution in [-0.4, -0.2) is 31.5 Å². The fraction of sp³-hybridized carbons (Fsp3) is 1.00. The van der Waals surface area contributed by atoms with Gasteiger partial charge in [-0.05, 0) is 37.5 Å². The van der Waals surface area contributed by atoms with Crippen molar-refractivity contribution in [2.75, 3.05) is 19.8 Å². The van der Waals surface area contributed by atoms with Crippen molar-refractivity contribution in [1.82, 2.24) is 5.43 Å². The molecule has 3 rings (SSSR count). The van der Waals surface area contributed by atoms with Crippen molar-refractivity contribution < 1.29 is 9.47 Å². The Balaban J connectivity index is 1.66. The zero-order valence-corrected chi connectivity index (χ0v) is 11.2. The second-order valence-electron chi connectivity index (χ2n) is 6.32. The van der Waals surface area contributed by atoms with E-state index in [2.05, 4.69) is 5.43 Å². The number of rotatable bonds is 3. The summed E-state index contributed by atoms with van der Waals surface area (Å²) in [4.78, 5) is 0. The topological polar surface area (TPSA) is 56.5 Å². The molecule has 0 aromatic carbocycles. The fourth-order valence-electron chi connectivity index (χ4n) is 4.21. The molecular formula is C14H26N2O2. The molecular weight excluding hydrogens is 228 g/mol. The summed E-state index contributed by atoms with van der Waals surface area (Å²) < 4.78 is 11.6. The Morgan fingerprint density at radius 1 is 1.11 bits per heavy atom. The molecule has 0 radical (unpaired) electrons. The normalized spacial score (nSPS) is 39.5. The first-order valence-corrected chi connectivity index (χ1v) is 7.51. The lowest BCUT2D eigenvalue weighted by molar-refractivity contribution is -0.105. The third-order valence-corrected chi connectivity index (χ3v) is 5.21. The third-order valence-electron chi connectivity index (χ3n) is 5.21. The molecule has 104 valence electrons. The molecule has 0 aromatic heterocycles. The quantitative estimate of drug-likeness (QED) is 0.593. The maximum Gasteiger partial charge on any atom is 0.0939 e. The summed E-state index contributed by atoms with van der Waals surface area (Å²) in [5.74, 6) is 7.28. The first-order chi connectivity index (χ1) is 8.83. The van der Waals surface area contributed by atoms with Gasteiger partial charge in [-0.3, -0.25) is 11.3 Å². The Morgan fingerprint density at radius 2 is 1.94 bits per heavy atom. The molecule has 1 spiro atoms. The van der Waals surface area contributed by atoms with Crippen LogP contribution in [0, 0.1) is 11.8 Å². The highest BCUT2D eigenvalue weighted by molar-refractivity contribution is 4.95. The number of hydrazine groups is 1. The molecule has 2 aliphatic heterocycles. The van der Waals surface area contributed by atoms with Gasteiger partial charge in [-0.1, -0.05) is 12.8 Å². The van der Waals surface area contributed by atoms with E-state index in [9.17, 15) is 0 Å². The first-order valence-electron chi connectivity index (χ1n) is 7.51. The van der Waals surface area contributed by atoms with Crippen LogP contribution in [-0.2, 0) is 9.47 Å². The number of hydrogen-bond donors (Lipinski definition) is 2. The smallest absolute Gasteiger partial charge is 0.0939 e. The van der Waals surface area contributed by atoms with E-state index in [0.717, 1.165) is 45.0 Å².